The summed E-state index contributed by atoms with van der Waals surface area (Å²) in [6, 6.07) is 7.95. The summed E-state index contributed by atoms with van der Waals surface area (Å²) < 4.78 is 0. The standard InChI is InChI=1S/C16H23.BrH.Mg/c1-10(2)15-12(4)16(5,6)14-9-11(3)7-8-13(14)15;;/h8-10,12,15H,1-6H3;1H;/q-1;;+2/p-1. The third-order valence-corrected chi connectivity index (χ3v) is 4.58. The van der Waals surface area contributed by atoms with E-state index in [4.69, 9.17) is 0 Å². The second kappa shape index (κ2) is 6.28. The molecular formula is C16H23BrMg. The fourth-order valence-corrected chi connectivity index (χ4v) is 3.34. The summed E-state index contributed by atoms with van der Waals surface area (Å²) in [6.07, 6.45) is 0. The first-order valence-corrected chi connectivity index (χ1v) is 6.38. The van der Waals surface area contributed by atoms with Crippen LogP contribution in [0.4, 0.5) is 0 Å². The maximum absolute atomic E-state index is 3.37. The maximum Gasteiger partial charge on any atom is 2.00 e. The molecule has 0 N–H and O–H groups in total. The van der Waals surface area contributed by atoms with Crippen LogP contribution < -0.4 is 17.0 Å². The zero-order chi connectivity index (χ0) is 12.1. The molecule has 0 nitrogen and oxygen atoms in total. The molecule has 1 aliphatic rings. The summed E-state index contributed by atoms with van der Waals surface area (Å²) in [6.45, 7) is 14.0. The molecule has 2 unspecified atom stereocenters. The first-order chi connectivity index (χ1) is 7.35. The van der Waals surface area contributed by atoms with Crippen molar-refractivity contribution in [1.82, 2.24) is 0 Å². The minimum Gasteiger partial charge on any atom is -1.00 e. The van der Waals surface area contributed by atoms with E-state index in [1.807, 2.05) is 0 Å². The van der Waals surface area contributed by atoms with Crippen LogP contribution in [-0.2, 0) is 5.41 Å². The summed E-state index contributed by atoms with van der Waals surface area (Å²) in [7, 11) is 0. The minimum absolute atomic E-state index is 0. The molecule has 18 heavy (non-hydrogen) atoms. The second-order valence-corrected chi connectivity index (χ2v) is 6.27. The quantitative estimate of drug-likeness (QED) is 0.537. The van der Waals surface area contributed by atoms with Gasteiger partial charge in [0.05, 0.1) is 0 Å². The van der Waals surface area contributed by atoms with E-state index in [-0.39, 0.29) is 40.0 Å². The molecule has 0 radical (unpaired) electrons. The molecule has 2 rings (SSSR count). The Labute approximate surface area is 139 Å². The van der Waals surface area contributed by atoms with Crippen LogP contribution in [0, 0.1) is 24.8 Å². The summed E-state index contributed by atoms with van der Waals surface area (Å²) in [5.74, 6) is 2.13. The molecule has 0 heterocycles. The van der Waals surface area contributed by atoms with Gasteiger partial charge in [-0.05, 0) is 11.3 Å². The van der Waals surface area contributed by atoms with Gasteiger partial charge in [0, 0.05) is 0 Å². The van der Waals surface area contributed by atoms with E-state index < -0.39 is 0 Å². The molecule has 0 bridgehead atoms. The number of fused-ring (bicyclic) bond motifs is 1. The molecule has 1 aromatic rings. The van der Waals surface area contributed by atoms with Crippen molar-refractivity contribution in [1.29, 1.82) is 0 Å². The van der Waals surface area contributed by atoms with Gasteiger partial charge in [0.25, 0.3) is 0 Å². The molecule has 0 saturated heterocycles. The molecular weight excluding hydrogens is 296 g/mol. The Morgan fingerprint density at radius 1 is 1.28 bits per heavy atom. The summed E-state index contributed by atoms with van der Waals surface area (Å²) >= 11 is 0. The van der Waals surface area contributed by atoms with Gasteiger partial charge in [0.2, 0.25) is 0 Å². The third kappa shape index (κ3) is 2.81. The van der Waals surface area contributed by atoms with Crippen molar-refractivity contribution in [2.24, 2.45) is 11.8 Å². The van der Waals surface area contributed by atoms with Gasteiger partial charge in [-0.15, -0.1) is 11.1 Å². The smallest absolute Gasteiger partial charge is 1.00 e. The Hall–Kier alpha value is 0.466. The van der Waals surface area contributed by atoms with Crippen LogP contribution in [0.1, 0.15) is 57.2 Å². The third-order valence-electron chi connectivity index (χ3n) is 4.58. The van der Waals surface area contributed by atoms with E-state index in [1.54, 1.807) is 5.56 Å². The SMILES string of the molecule is Cc1[c-]cc2c(c1)C(C)(C)C(C)C2C(C)C.[Br-].[Mg+2]. The fraction of sp³-hybridized carbons (Fsp3) is 0.625. The Bertz CT molecular complexity index is 410. The Balaban J connectivity index is 0.00000144. The summed E-state index contributed by atoms with van der Waals surface area (Å²) in [5.41, 5.74) is 4.67. The van der Waals surface area contributed by atoms with Crippen LogP contribution in [0.25, 0.3) is 0 Å². The van der Waals surface area contributed by atoms with Gasteiger partial charge >= 0.3 is 23.1 Å². The zero-order valence-electron chi connectivity index (χ0n) is 12.5. The topological polar surface area (TPSA) is 0 Å². The molecule has 0 amide bonds. The van der Waals surface area contributed by atoms with Crippen molar-refractivity contribution < 1.29 is 17.0 Å². The number of hydrogen-bond acceptors (Lipinski definition) is 0. The normalized spacial score (nSPS) is 24.2. The first kappa shape index (κ1) is 18.5. The largest absolute Gasteiger partial charge is 2.00 e. The average Bonchev–Trinajstić information content (AvgIpc) is 2.37. The van der Waals surface area contributed by atoms with E-state index >= 15 is 0 Å². The van der Waals surface area contributed by atoms with Crippen LogP contribution in [-0.4, -0.2) is 23.1 Å². The molecule has 0 spiro atoms. The Morgan fingerprint density at radius 2 is 1.83 bits per heavy atom. The number of benzene rings is 1. The van der Waals surface area contributed by atoms with Crippen molar-refractivity contribution in [2.75, 3.05) is 0 Å². The van der Waals surface area contributed by atoms with Gasteiger partial charge in [-0.25, -0.2) is 0 Å². The first-order valence-electron chi connectivity index (χ1n) is 6.38. The van der Waals surface area contributed by atoms with Gasteiger partial charge in [0.1, 0.15) is 0 Å². The molecule has 1 aromatic carbocycles. The maximum atomic E-state index is 3.37. The predicted molar refractivity (Wildman–Crippen MR) is 75.5 cm³/mol. The molecule has 2 heteroatoms. The van der Waals surface area contributed by atoms with Crippen molar-refractivity contribution in [3.8, 4) is 0 Å². The minimum atomic E-state index is 0. The van der Waals surface area contributed by atoms with E-state index in [0.29, 0.717) is 17.3 Å². The Kier molecular flexibility index (Phi) is 6.44. The van der Waals surface area contributed by atoms with Crippen molar-refractivity contribution in [3.05, 3.63) is 34.9 Å². The van der Waals surface area contributed by atoms with Gasteiger partial charge in [0.15, 0.2) is 0 Å². The van der Waals surface area contributed by atoms with Crippen LogP contribution >= 0.6 is 0 Å². The van der Waals surface area contributed by atoms with Gasteiger partial charge in [-0.2, -0.15) is 23.8 Å². The van der Waals surface area contributed by atoms with Crippen LogP contribution in [0.5, 0.6) is 0 Å². The number of halogens is 1. The summed E-state index contributed by atoms with van der Waals surface area (Å²) in [4.78, 5) is 0. The van der Waals surface area contributed by atoms with Gasteiger partial charge in [-0.1, -0.05) is 53.4 Å². The molecule has 0 fully saturated rings. The predicted octanol–water partition coefficient (Wildman–Crippen LogP) is 1.09. The van der Waals surface area contributed by atoms with Crippen LogP contribution in [0.3, 0.4) is 0 Å². The van der Waals surface area contributed by atoms with E-state index in [9.17, 15) is 0 Å². The molecule has 0 aliphatic heterocycles. The van der Waals surface area contributed by atoms with Gasteiger partial charge in [-0.3, -0.25) is 0 Å². The number of hydrogen-bond donors (Lipinski definition) is 0. The zero-order valence-corrected chi connectivity index (χ0v) is 15.5. The fourth-order valence-electron chi connectivity index (χ4n) is 3.34. The van der Waals surface area contributed by atoms with E-state index in [1.165, 1.54) is 11.1 Å². The van der Waals surface area contributed by atoms with Crippen molar-refractivity contribution in [2.45, 2.75) is 52.9 Å². The number of rotatable bonds is 1. The molecule has 2 atom stereocenters. The van der Waals surface area contributed by atoms with Crippen LogP contribution in [0.2, 0.25) is 0 Å². The van der Waals surface area contributed by atoms with Crippen molar-refractivity contribution in [3.63, 3.8) is 0 Å². The number of aryl methyl sites for hydroxylation is 1. The van der Waals surface area contributed by atoms with Crippen LogP contribution in [0.15, 0.2) is 12.1 Å². The van der Waals surface area contributed by atoms with E-state index in [2.05, 4.69) is 59.7 Å². The second-order valence-electron chi connectivity index (χ2n) is 6.27. The molecule has 1 aliphatic carbocycles. The van der Waals surface area contributed by atoms with Gasteiger partial charge < -0.3 is 17.0 Å². The average molecular weight is 320 g/mol. The van der Waals surface area contributed by atoms with Crippen molar-refractivity contribution >= 4 is 23.1 Å². The molecule has 96 valence electrons. The molecule has 0 aromatic heterocycles. The summed E-state index contributed by atoms with van der Waals surface area (Å²) in [5, 5.41) is 0. The molecule has 0 saturated carbocycles. The van der Waals surface area contributed by atoms with E-state index in [0.717, 1.165) is 5.92 Å². The Morgan fingerprint density at radius 3 is 2.33 bits per heavy atom. The monoisotopic (exact) mass is 318 g/mol.